The van der Waals surface area contributed by atoms with Crippen molar-refractivity contribution in [2.75, 3.05) is 12.4 Å². The van der Waals surface area contributed by atoms with Crippen LogP contribution in [-0.4, -0.2) is 24.0 Å². The molecule has 2 aromatic carbocycles. The average molecular weight is 432 g/mol. The third-order valence-corrected chi connectivity index (χ3v) is 4.08. The smallest absolute Gasteiger partial charge is 0.337 e. The molecule has 1 amide bonds. The fourth-order valence-electron chi connectivity index (χ4n) is 2.38. The largest absolute Gasteiger partial charge is 0.465 e. The van der Waals surface area contributed by atoms with Gasteiger partial charge in [-0.3, -0.25) is 9.78 Å². The molecule has 3 rings (SSSR count). The van der Waals surface area contributed by atoms with Crippen molar-refractivity contribution < 1.29 is 14.3 Å². The zero-order chi connectivity index (χ0) is 17.1. The zero-order valence-electron chi connectivity index (χ0n) is 12.7. The summed E-state index contributed by atoms with van der Waals surface area (Å²) < 4.78 is 5.55. The Balaban J connectivity index is 1.95. The second-order valence-corrected chi connectivity index (χ2v) is 6.30. The van der Waals surface area contributed by atoms with E-state index in [4.69, 9.17) is 4.74 Å². The quantitative estimate of drug-likeness (QED) is 0.504. The molecule has 0 aliphatic carbocycles. The van der Waals surface area contributed by atoms with Gasteiger partial charge in [-0.25, -0.2) is 4.79 Å². The summed E-state index contributed by atoms with van der Waals surface area (Å²) in [7, 11) is 1.32. The third kappa shape index (κ3) is 3.38. The van der Waals surface area contributed by atoms with Gasteiger partial charge in [-0.05, 0) is 52.9 Å². The van der Waals surface area contributed by atoms with Crippen molar-refractivity contribution in [3.63, 3.8) is 0 Å². The van der Waals surface area contributed by atoms with Gasteiger partial charge in [-0.1, -0.05) is 18.2 Å². The summed E-state index contributed by atoms with van der Waals surface area (Å²) in [6.45, 7) is 0. The number of halogens is 1. The van der Waals surface area contributed by atoms with Crippen molar-refractivity contribution in [1.29, 1.82) is 0 Å². The van der Waals surface area contributed by atoms with Gasteiger partial charge in [0.1, 0.15) is 0 Å². The number of pyridine rings is 1. The number of nitrogens with one attached hydrogen (secondary N) is 1. The fourth-order valence-corrected chi connectivity index (χ4v) is 3.05. The first-order valence-corrected chi connectivity index (χ1v) is 8.20. The van der Waals surface area contributed by atoms with Gasteiger partial charge in [-0.15, -0.1) is 0 Å². The number of para-hydroxylation sites is 1. The number of ether oxygens (including phenoxy) is 1. The number of hydrogen-bond donors (Lipinski definition) is 1. The molecule has 0 aliphatic rings. The molecule has 0 atom stereocenters. The lowest BCUT2D eigenvalue weighted by atomic mass is 10.1. The van der Waals surface area contributed by atoms with E-state index in [9.17, 15) is 9.59 Å². The summed E-state index contributed by atoms with van der Waals surface area (Å²) in [4.78, 5) is 28.6. The maximum Gasteiger partial charge on any atom is 0.337 e. The van der Waals surface area contributed by atoms with Crippen molar-refractivity contribution in [2.24, 2.45) is 0 Å². The molecule has 0 saturated heterocycles. The van der Waals surface area contributed by atoms with Crippen LogP contribution >= 0.6 is 22.6 Å². The van der Waals surface area contributed by atoms with Crippen LogP contribution in [0.25, 0.3) is 10.9 Å². The highest BCUT2D eigenvalue weighted by Gasteiger charge is 2.13. The van der Waals surface area contributed by atoms with Crippen molar-refractivity contribution >= 4 is 51.1 Å². The number of benzene rings is 2. The first-order valence-electron chi connectivity index (χ1n) is 7.12. The Kier molecular flexibility index (Phi) is 4.75. The van der Waals surface area contributed by atoms with Gasteiger partial charge in [0, 0.05) is 20.8 Å². The molecule has 0 aliphatic heterocycles. The minimum absolute atomic E-state index is 0.280. The molecular formula is C18H13IN2O3. The fraction of sp³-hybridized carbons (Fsp3) is 0.0556. The number of amides is 1. The Morgan fingerprint density at radius 2 is 1.92 bits per heavy atom. The summed E-state index contributed by atoms with van der Waals surface area (Å²) in [6, 6.07) is 14.2. The summed E-state index contributed by atoms with van der Waals surface area (Å²) >= 11 is 2.08. The molecule has 24 heavy (non-hydrogen) atoms. The molecule has 0 fully saturated rings. The number of aromatic nitrogens is 1. The molecule has 1 aromatic heterocycles. The predicted molar refractivity (Wildman–Crippen MR) is 100 cm³/mol. The van der Waals surface area contributed by atoms with Gasteiger partial charge in [-0.2, -0.15) is 0 Å². The third-order valence-electron chi connectivity index (χ3n) is 3.45. The molecule has 0 unspecified atom stereocenters. The lowest BCUT2D eigenvalue weighted by molar-refractivity contribution is 0.0600. The van der Waals surface area contributed by atoms with Crippen LogP contribution in [0.2, 0.25) is 0 Å². The molecule has 120 valence electrons. The van der Waals surface area contributed by atoms with Gasteiger partial charge in [0.2, 0.25) is 0 Å². The Hall–Kier alpha value is -2.48. The van der Waals surface area contributed by atoms with Crippen molar-refractivity contribution in [3.8, 4) is 0 Å². The number of nitrogens with zero attached hydrogens (tertiary/aromatic N) is 1. The van der Waals surface area contributed by atoms with E-state index < -0.39 is 5.97 Å². The molecule has 1 N–H and O–H groups in total. The molecule has 0 saturated carbocycles. The van der Waals surface area contributed by atoms with E-state index in [0.29, 0.717) is 22.3 Å². The van der Waals surface area contributed by atoms with Gasteiger partial charge >= 0.3 is 5.97 Å². The van der Waals surface area contributed by atoms with Crippen LogP contribution in [-0.2, 0) is 4.74 Å². The van der Waals surface area contributed by atoms with E-state index >= 15 is 0 Å². The van der Waals surface area contributed by atoms with Crippen molar-refractivity contribution in [3.05, 3.63) is 69.4 Å². The van der Waals surface area contributed by atoms with E-state index in [1.165, 1.54) is 7.11 Å². The minimum atomic E-state index is -0.448. The van der Waals surface area contributed by atoms with E-state index in [1.54, 1.807) is 30.5 Å². The van der Waals surface area contributed by atoms with Crippen LogP contribution in [0.1, 0.15) is 20.7 Å². The average Bonchev–Trinajstić information content (AvgIpc) is 2.60. The van der Waals surface area contributed by atoms with E-state index in [0.717, 1.165) is 8.96 Å². The number of methoxy groups -OCH3 is 1. The first-order chi connectivity index (χ1) is 11.6. The molecule has 1 heterocycles. The number of carbonyl (C=O) groups is 2. The number of hydrogen-bond acceptors (Lipinski definition) is 4. The zero-order valence-corrected chi connectivity index (χ0v) is 14.9. The highest BCUT2D eigenvalue weighted by molar-refractivity contribution is 14.1. The molecule has 0 bridgehead atoms. The second-order valence-electron chi connectivity index (χ2n) is 5.05. The number of esters is 1. The molecule has 6 heteroatoms. The summed E-state index contributed by atoms with van der Waals surface area (Å²) in [5, 5.41) is 3.71. The highest BCUT2D eigenvalue weighted by Crippen LogP contribution is 2.21. The molecule has 0 spiro atoms. The maximum absolute atomic E-state index is 12.6. The van der Waals surface area contributed by atoms with Crippen molar-refractivity contribution in [2.45, 2.75) is 0 Å². The molecule has 5 nitrogen and oxygen atoms in total. The van der Waals surface area contributed by atoms with Gasteiger partial charge in [0.25, 0.3) is 5.91 Å². The number of anilines is 1. The standard InChI is InChI=1S/C18H13IN2O3/c1-24-18(23)12-8-13(19)10-14(9-12)21-17(22)15-6-2-4-11-5-3-7-20-16(11)15/h2-10H,1H3,(H,21,22). The van der Waals surface area contributed by atoms with Gasteiger partial charge in [0.05, 0.1) is 23.8 Å². The highest BCUT2D eigenvalue weighted by atomic mass is 127. The lowest BCUT2D eigenvalue weighted by Gasteiger charge is -2.09. The Labute approximate surface area is 152 Å². The second kappa shape index (κ2) is 6.96. The van der Waals surface area contributed by atoms with E-state index in [-0.39, 0.29) is 5.91 Å². The summed E-state index contributed by atoms with van der Waals surface area (Å²) in [6.07, 6.45) is 1.65. The predicted octanol–water partition coefficient (Wildman–Crippen LogP) is 3.88. The monoisotopic (exact) mass is 432 g/mol. The normalized spacial score (nSPS) is 10.4. The maximum atomic E-state index is 12.6. The molecule has 3 aromatic rings. The Bertz CT molecular complexity index is 935. The van der Waals surface area contributed by atoms with Crippen LogP contribution in [0.15, 0.2) is 54.7 Å². The van der Waals surface area contributed by atoms with Crippen LogP contribution in [0, 0.1) is 3.57 Å². The van der Waals surface area contributed by atoms with Crippen LogP contribution in [0.5, 0.6) is 0 Å². The van der Waals surface area contributed by atoms with Crippen molar-refractivity contribution in [1.82, 2.24) is 4.98 Å². The topological polar surface area (TPSA) is 68.3 Å². The molecule has 0 radical (unpaired) electrons. The number of fused-ring (bicyclic) bond motifs is 1. The van der Waals surface area contributed by atoms with Crippen LogP contribution < -0.4 is 5.32 Å². The van der Waals surface area contributed by atoms with Gasteiger partial charge in [0.15, 0.2) is 0 Å². The minimum Gasteiger partial charge on any atom is -0.465 e. The van der Waals surface area contributed by atoms with Crippen LogP contribution in [0.4, 0.5) is 5.69 Å². The summed E-state index contributed by atoms with van der Waals surface area (Å²) in [5.74, 6) is -0.729. The van der Waals surface area contributed by atoms with E-state index in [2.05, 4.69) is 32.9 Å². The van der Waals surface area contributed by atoms with Gasteiger partial charge < -0.3 is 10.1 Å². The number of carbonyl (C=O) groups excluding carboxylic acids is 2. The number of rotatable bonds is 3. The lowest BCUT2D eigenvalue weighted by Crippen LogP contribution is -2.13. The van der Waals surface area contributed by atoms with E-state index in [1.807, 2.05) is 24.3 Å². The first kappa shape index (κ1) is 16.4. The summed E-state index contributed by atoms with van der Waals surface area (Å²) in [5.41, 5.74) is 2.03. The molecular weight excluding hydrogens is 419 g/mol. The Morgan fingerprint density at radius 1 is 1.12 bits per heavy atom. The SMILES string of the molecule is COC(=O)c1cc(I)cc(NC(=O)c2cccc3cccnc23)c1. The van der Waals surface area contributed by atoms with Crippen LogP contribution in [0.3, 0.4) is 0 Å². The Morgan fingerprint density at radius 3 is 2.71 bits per heavy atom.